The molecule has 2 heterocycles. The maximum Gasteiger partial charge on any atom is 0.256 e. The summed E-state index contributed by atoms with van der Waals surface area (Å²) in [6.07, 6.45) is 9.00. The van der Waals surface area contributed by atoms with E-state index >= 15 is 0 Å². The molecule has 1 unspecified atom stereocenters. The number of hydrogen-bond acceptors (Lipinski definition) is 4. The number of allylic oxidation sites excluding steroid dienone is 3. The average molecular weight is 393 g/mol. The molecule has 4 rings (SSSR count). The van der Waals surface area contributed by atoms with E-state index in [1.807, 2.05) is 24.3 Å². The van der Waals surface area contributed by atoms with Gasteiger partial charge in [-0.05, 0) is 55.5 Å². The molecule has 7 heteroatoms. The Bertz CT molecular complexity index is 892. The van der Waals surface area contributed by atoms with Gasteiger partial charge in [0.25, 0.3) is 10.0 Å². The minimum atomic E-state index is -3.31. The van der Waals surface area contributed by atoms with Crippen molar-refractivity contribution < 1.29 is 13.2 Å². The van der Waals surface area contributed by atoms with E-state index < -0.39 is 10.0 Å². The lowest BCUT2D eigenvalue weighted by molar-refractivity contribution is 0.302. The van der Waals surface area contributed by atoms with Gasteiger partial charge in [0.1, 0.15) is 17.3 Å². The summed E-state index contributed by atoms with van der Waals surface area (Å²) in [6.45, 7) is 1.47. The first-order valence-electron chi connectivity index (χ1n) is 8.89. The van der Waals surface area contributed by atoms with Crippen LogP contribution < -0.4 is 4.74 Å². The lowest BCUT2D eigenvalue weighted by Crippen LogP contribution is -2.48. The first-order chi connectivity index (χ1) is 12.5. The molecule has 0 bridgehead atoms. The number of fused-ring (bicyclic) bond motifs is 1. The number of rotatable bonds is 3. The van der Waals surface area contributed by atoms with Gasteiger partial charge in [-0.1, -0.05) is 23.7 Å². The quantitative estimate of drug-likeness (QED) is 0.788. The van der Waals surface area contributed by atoms with Crippen molar-refractivity contribution in [2.45, 2.75) is 19.3 Å². The zero-order chi connectivity index (χ0) is 18.1. The van der Waals surface area contributed by atoms with Crippen molar-refractivity contribution >= 4 is 27.5 Å². The lowest BCUT2D eigenvalue weighted by Gasteiger charge is -2.40. The molecular formula is C19H21ClN2O3S. The van der Waals surface area contributed by atoms with E-state index in [2.05, 4.69) is 21.4 Å². The first-order valence-corrected chi connectivity index (χ1v) is 10.9. The van der Waals surface area contributed by atoms with Gasteiger partial charge in [0.2, 0.25) is 0 Å². The molecule has 0 aromatic heterocycles. The molecule has 1 fully saturated rings. The fraction of sp³-hybridized carbons (Fsp3) is 0.421. The minimum Gasteiger partial charge on any atom is -0.458 e. The number of amidine groups is 1. The summed E-state index contributed by atoms with van der Waals surface area (Å²) in [6, 6.07) is 7.31. The number of ether oxygens (including phenoxy) is 1. The highest BCUT2D eigenvalue weighted by molar-refractivity contribution is 7.90. The maximum absolute atomic E-state index is 11.9. The van der Waals surface area contributed by atoms with E-state index in [4.69, 9.17) is 16.3 Å². The van der Waals surface area contributed by atoms with Crippen LogP contribution in [0.2, 0.25) is 5.02 Å². The van der Waals surface area contributed by atoms with Gasteiger partial charge in [0.05, 0.1) is 5.75 Å². The fourth-order valence-corrected chi connectivity index (χ4v) is 5.07. The second kappa shape index (κ2) is 7.08. The Morgan fingerprint density at radius 3 is 2.92 bits per heavy atom. The van der Waals surface area contributed by atoms with Crippen LogP contribution in [-0.4, -0.2) is 38.0 Å². The summed E-state index contributed by atoms with van der Waals surface area (Å²) in [5.41, 5.74) is 0. The third-order valence-electron chi connectivity index (χ3n) is 5.10. The lowest BCUT2D eigenvalue weighted by atomic mass is 9.80. The number of sulfonamides is 1. The standard InChI is InChI=1S/C19H21ClN2O3S/c20-15-3-1-4-17(13-15)25-16-8-6-14(7-9-16)18-5-2-10-22-11-12-26(23,24)21-19(18)22/h1,3-4,6,8-9,13-14,18H,2,5,7,10-12H2/t14?,18-/m1/s1. The zero-order valence-electron chi connectivity index (χ0n) is 14.3. The zero-order valence-corrected chi connectivity index (χ0v) is 15.9. The Labute approximate surface area is 159 Å². The van der Waals surface area contributed by atoms with Crippen LogP contribution in [0.1, 0.15) is 19.3 Å². The molecule has 0 N–H and O–H groups in total. The van der Waals surface area contributed by atoms with Gasteiger partial charge in [0, 0.05) is 24.0 Å². The van der Waals surface area contributed by atoms with Crippen molar-refractivity contribution in [1.82, 2.24) is 4.90 Å². The molecule has 138 valence electrons. The molecule has 1 aromatic rings. The molecular weight excluding hydrogens is 372 g/mol. The Hall–Kier alpha value is -1.79. The molecule has 0 amide bonds. The van der Waals surface area contributed by atoms with Crippen molar-refractivity contribution in [2.24, 2.45) is 16.2 Å². The minimum absolute atomic E-state index is 0.126. The molecule has 1 saturated heterocycles. The molecule has 0 radical (unpaired) electrons. The summed E-state index contributed by atoms with van der Waals surface area (Å²) < 4.78 is 33.9. The van der Waals surface area contributed by atoms with E-state index in [0.29, 0.717) is 17.3 Å². The first kappa shape index (κ1) is 17.6. The molecule has 3 aliphatic rings. The molecule has 5 nitrogen and oxygen atoms in total. The van der Waals surface area contributed by atoms with Crippen LogP contribution in [0.3, 0.4) is 0 Å². The second-order valence-electron chi connectivity index (χ2n) is 6.90. The Kier molecular flexibility index (Phi) is 4.80. The van der Waals surface area contributed by atoms with Crippen molar-refractivity contribution in [3.8, 4) is 5.75 Å². The largest absolute Gasteiger partial charge is 0.458 e. The third-order valence-corrected chi connectivity index (χ3v) is 6.50. The molecule has 0 saturated carbocycles. The highest BCUT2D eigenvalue weighted by Gasteiger charge is 2.36. The van der Waals surface area contributed by atoms with Gasteiger partial charge in [0.15, 0.2) is 0 Å². The number of nitrogens with zero attached hydrogens (tertiary/aromatic N) is 2. The Morgan fingerprint density at radius 1 is 1.27 bits per heavy atom. The summed E-state index contributed by atoms with van der Waals surface area (Å²) in [4.78, 5) is 2.14. The van der Waals surface area contributed by atoms with Crippen molar-refractivity contribution in [3.63, 3.8) is 0 Å². The third kappa shape index (κ3) is 3.81. The van der Waals surface area contributed by atoms with Crippen LogP contribution in [0, 0.1) is 11.8 Å². The van der Waals surface area contributed by atoms with Crippen LogP contribution in [0.5, 0.6) is 5.75 Å². The summed E-state index contributed by atoms with van der Waals surface area (Å²) in [7, 11) is -3.31. The second-order valence-corrected chi connectivity index (χ2v) is 9.09. The SMILES string of the molecule is O=S1(=O)CCN2CCC[C@H](C3C=CC(Oc4cccc(Cl)c4)=CC3)C2=N1. The highest BCUT2D eigenvalue weighted by Crippen LogP contribution is 2.34. The van der Waals surface area contributed by atoms with Crippen molar-refractivity contribution in [1.29, 1.82) is 0 Å². The maximum atomic E-state index is 11.9. The Morgan fingerprint density at radius 2 is 2.15 bits per heavy atom. The number of benzene rings is 1. The van der Waals surface area contributed by atoms with Crippen molar-refractivity contribution in [3.05, 3.63) is 53.3 Å². The predicted octanol–water partition coefficient (Wildman–Crippen LogP) is 3.63. The normalized spacial score (nSPS) is 27.3. The predicted molar refractivity (Wildman–Crippen MR) is 103 cm³/mol. The van der Waals surface area contributed by atoms with Crippen LogP contribution in [-0.2, 0) is 10.0 Å². The van der Waals surface area contributed by atoms with E-state index in [0.717, 1.165) is 37.4 Å². The van der Waals surface area contributed by atoms with Gasteiger partial charge < -0.3 is 9.64 Å². The average Bonchev–Trinajstić information content (AvgIpc) is 2.61. The van der Waals surface area contributed by atoms with Gasteiger partial charge in [-0.25, -0.2) is 8.42 Å². The van der Waals surface area contributed by atoms with Crippen LogP contribution in [0.25, 0.3) is 0 Å². The van der Waals surface area contributed by atoms with Crippen LogP contribution >= 0.6 is 11.6 Å². The topological polar surface area (TPSA) is 59.0 Å². The smallest absolute Gasteiger partial charge is 0.256 e. The van der Waals surface area contributed by atoms with E-state index in [9.17, 15) is 8.42 Å². The van der Waals surface area contributed by atoms with E-state index in [-0.39, 0.29) is 17.6 Å². The van der Waals surface area contributed by atoms with Gasteiger partial charge in [-0.15, -0.1) is 0 Å². The van der Waals surface area contributed by atoms with Crippen molar-refractivity contribution in [2.75, 3.05) is 18.8 Å². The summed E-state index contributed by atoms with van der Waals surface area (Å²) in [5, 5.41) is 0.639. The number of halogens is 1. The monoisotopic (exact) mass is 392 g/mol. The van der Waals surface area contributed by atoms with Gasteiger partial charge >= 0.3 is 0 Å². The summed E-state index contributed by atoms with van der Waals surface area (Å²) >= 11 is 5.99. The molecule has 26 heavy (non-hydrogen) atoms. The molecule has 2 atom stereocenters. The van der Waals surface area contributed by atoms with Gasteiger partial charge in [-0.3, -0.25) is 0 Å². The van der Waals surface area contributed by atoms with E-state index in [1.54, 1.807) is 6.07 Å². The van der Waals surface area contributed by atoms with Crippen LogP contribution in [0.15, 0.2) is 52.7 Å². The Balaban J connectivity index is 1.48. The number of hydrogen-bond donors (Lipinski definition) is 0. The van der Waals surface area contributed by atoms with E-state index in [1.165, 1.54) is 0 Å². The molecule has 2 aliphatic heterocycles. The fourth-order valence-electron chi connectivity index (χ4n) is 3.81. The summed E-state index contributed by atoms with van der Waals surface area (Å²) in [5.74, 6) is 2.77. The van der Waals surface area contributed by atoms with Crippen LogP contribution in [0.4, 0.5) is 0 Å². The molecule has 1 aliphatic carbocycles. The highest BCUT2D eigenvalue weighted by atomic mass is 35.5. The molecule has 1 aromatic carbocycles. The molecule has 0 spiro atoms. The van der Waals surface area contributed by atoms with Gasteiger partial charge in [-0.2, -0.15) is 4.40 Å². The number of piperidine rings is 1.